The van der Waals surface area contributed by atoms with Crippen LogP contribution in [0.4, 0.5) is 0 Å². The predicted octanol–water partition coefficient (Wildman–Crippen LogP) is 2.61. The summed E-state index contributed by atoms with van der Waals surface area (Å²) in [6.45, 7) is 6.17. The summed E-state index contributed by atoms with van der Waals surface area (Å²) in [7, 11) is 0. The smallest absolute Gasteiger partial charge is 0.0644 e. The minimum Gasteiger partial charge on any atom is -0.394 e. The van der Waals surface area contributed by atoms with Gasteiger partial charge in [-0.15, -0.1) is 6.42 Å². The van der Waals surface area contributed by atoms with Gasteiger partial charge in [-0.2, -0.15) is 5.10 Å². The van der Waals surface area contributed by atoms with Gasteiger partial charge < -0.3 is 5.11 Å². The zero-order valence-corrected chi connectivity index (χ0v) is 14.5. The summed E-state index contributed by atoms with van der Waals surface area (Å²) >= 11 is 0. The third-order valence-electron chi connectivity index (χ3n) is 5.04. The molecule has 3 rings (SSSR count). The minimum absolute atomic E-state index is 0.103. The summed E-state index contributed by atoms with van der Waals surface area (Å²) in [6.07, 6.45) is 7.88. The van der Waals surface area contributed by atoms with E-state index in [1.54, 1.807) is 0 Å². The Morgan fingerprint density at radius 3 is 2.92 bits per heavy atom. The van der Waals surface area contributed by atoms with Gasteiger partial charge in [-0.3, -0.25) is 9.58 Å². The molecule has 0 fully saturated rings. The summed E-state index contributed by atoms with van der Waals surface area (Å²) in [6, 6.07) is 9.04. The first kappa shape index (κ1) is 16.8. The van der Waals surface area contributed by atoms with E-state index in [4.69, 9.17) is 6.42 Å². The zero-order valence-electron chi connectivity index (χ0n) is 14.5. The monoisotopic (exact) mass is 323 g/mol. The molecule has 126 valence electrons. The fourth-order valence-electron chi connectivity index (χ4n) is 3.79. The lowest BCUT2D eigenvalue weighted by Crippen LogP contribution is -2.28. The Bertz CT molecular complexity index is 757. The van der Waals surface area contributed by atoms with Crippen molar-refractivity contribution in [2.75, 3.05) is 13.2 Å². The number of nitrogens with zero attached hydrogens (tertiary/aromatic N) is 3. The van der Waals surface area contributed by atoms with E-state index >= 15 is 0 Å². The highest BCUT2D eigenvalue weighted by Crippen LogP contribution is 2.36. The highest BCUT2D eigenvalue weighted by Gasteiger charge is 2.28. The van der Waals surface area contributed by atoms with Gasteiger partial charge in [0.25, 0.3) is 0 Å². The Kier molecular flexibility index (Phi) is 5.03. The molecule has 1 aliphatic carbocycles. The van der Waals surface area contributed by atoms with Gasteiger partial charge in [0.05, 0.1) is 25.4 Å². The zero-order chi connectivity index (χ0) is 17.1. The Morgan fingerprint density at radius 1 is 1.38 bits per heavy atom. The molecule has 1 atom stereocenters. The van der Waals surface area contributed by atoms with Crippen LogP contribution >= 0.6 is 0 Å². The molecule has 1 unspecified atom stereocenters. The van der Waals surface area contributed by atoms with Gasteiger partial charge in [0.2, 0.25) is 0 Å². The van der Waals surface area contributed by atoms with E-state index in [1.165, 1.54) is 16.7 Å². The van der Waals surface area contributed by atoms with Crippen molar-refractivity contribution in [1.82, 2.24) is 14.7 Å². The minimum atomic E-state index is 0.103. The maximum atomic E-state index is 9.19. The average Bonchev–Trinajstić information content (AvgIpc) is 3.11. The molecular weight excluding hydrogens is 298 g/mol. The first-order valence-corrected chi connectivity index (χ1v) is 8.54. The summed E-state index contributed by atoms with van der Waals surface area (Å²) in [5.74, 6) is 2.83. The number of terminal acetylenes is 1. The van der Waals surface area contributed by atoms with Crippen LogP contribution in [0.1, 0.15) is 40.5 Å². The van der Waals surface area contributed by atoms with E-state index in [9.17, 15) is 5.11 Å². The van der Waals surface area contributed by atoms with Gasteiger partial charge in [0, 0.05) is 23.8 Å². The number of fused-ring (bicyclic) bond motifs is 1. The molecule has 4 nitrogen and oxygen atoms in total. The second kappa shape index (κ2) is 7.21. The molecule has 0 bridgehead atoms. The van der Waals surface area contributed by atoms with Gasteiger partial charge >= 0.3 is 0 Å². The molecule has 24 heavy (non-hydrogen) atoms. The normalized spacial score (nSPS) is 16.4. The molecule has 0 spiro atoms. The number of benzene rings is 1. The van der Waals surface area contributed by atoms with Crippen LogP contribution in [0.25, 0.3) is 0 Å². The molecular formula is C20H25N3O. The van der Waals surface area contributed by atoms with Crippen molar-refractivity contribution in [2.45, 2.75) is 45.8 Å². The highest BCUT2D eigenvalue weighted by molar-refractivity contribution is 5.35. The molecule has 0 aliphatic heterocycles. The van der Waals surface area contributed by atoms with E-state index in [0.717, 1.165) is 30.8 Å². The van der Waals surface area contributed by atoms with Crippen LogP contribution in [-0.4, -0.2) is 32.9 Å². The topological polar surface area (TPSA) is 41.3 Å². The fraction of sp³-hybridized carbons (Fsp3) is 0.450. The largest absolute Gasteiger partial charge is 0.394 e. The molecule has 0 saturated carbocycles. The summed E-state index contributed by atoms with van der Waals surface area (Å²) in [5.41, 5.74) is 6.21. The molecule has 1 aromatic heterocycles. The SMILES string of the molecule is C#CCN(Cc1c(C)nn(CCO)c1C)C1CCc2ccccc21. The molecule has 1 aromatic carbocycles. The molecule has 1 N–H and O–H groups in total. The number of aryl methyl sites for hydroxylation is 2. The molecule has 0 amide bonds. The maximum Gasteiger partial charge on any atom is 0.0644 e. The van der Waals surface area contributed by atoms with E-state index in [0.29, 0.717) is 19.1 Å². The lowest BCUT2D eigenvalue weighted by molar-refractivity contribution is 0.212. The Balaban J connectivity index is 1.87. The van der Waals surface area contributed by atoms with Crippen molar-refractivity contribution in [1.29, 1.82) is 0 Å². The number of aliphatic hydroxyl groups excluding tert-OH is 1. The molecule has 0 radical (unpaired) electrons. The van der Waals surface area contributed by atoms with Crippen LogP contribution in [0, 0.1) is 26.2 Å². The lowest BCUT2D eigenvalue weighted by Gasteiger charge is -2.28. The van der Waals surface area contributed by atoms with E-state index in [2.05, 4.69) is 47.1 Å². The van der Waals surface area contributed by atoms with Crippen LogP contribution < -0.4 is 0 Å². The van der Waals surface area contributed by atoms with Crippen molar-refractivity contribution in [3.05, 3.63) is 52.3 Å². The average molecular weight is 323 g/mol. The van der Waals surface area contributed by atoms with Crippen molar-refractivity contribution >= 4 is 0 Å². The first-order valence-electron chi connectivity index (χ1n) is 8.54. The van der Waals surface area contributed by atoms with Crippen LogP contribution in [0.15, 0.2) is 24.3 Å². The number of aromatic nitrogens is 2. The van der Waals surface area contributed by atoms with E-state index in [-0.39, 0.29) is 6.61 Å². The Labute approximate surface area is 144 Å². The fourth-order valence-corrected chi connectivity index (χ4v) is 3.79. The summed E-state index contributed by atoms with van der Waals surface area (Å²) < 4.78 is 1.89. The van der Waals surface area contributed by atoms with Crippen molar-refractivity contribution in [2.24, 2.45) is 0 Å². The molecule has 1 aliphatic rings. The standard InChI is InChI=1S/C20H25N3O/c1-4-11-22(20-10-9-17-7-5-6-8-18(17)20)14-19-15(2)21-23(12-13-24)16(19)3/h1,5-8,20,24H,9-14H2,2-3H3. The van der Waals surface area contributed by atoms with Gasteiger partial charge in [-0.25, -0.2) is 0 Å². The molecule has 4 heteroatoms. The maximum absolute atomic E-state index is 9.19. The van der Waals surface area contributed by atoms with Crippen LogP contribution in [-0.2, 0) is 19.5 Å². The third-order valence-corrected chi connectivity index (χ3v) is 5.04. The number of rotatable bonds is 6. The molecule has 1 heterocycles. The predicted molar refractivity (Wildman–Crippen MR) is 95.5 cm³/mol. The van der Waals surface area contributed by atoms with Crippen LogP contribution in [0.2, 0.25) is 0 Å². The number of aliphatic hydroxyl groups is 1. The summed E-state index contributed by atoms with van der Waals surface area (Å²) in [5, 5.41) is 13.8. The van der Waals surface area contributed by atoms with E-state index in [1.807, 2.05) is 11.6 Å². The van der Waals surface area contributed by atoms with Crippen molar-refractivity contribution in [3.8, 4) is 12.3 Å². The highest BCUT2D eigenvalue weighted by atomic mass is 16.3. The van der Waals surface area contributed by atoms with Gasteiger partial charge in [0.15, 0.2) is 0 Å². The summed E-state index contributed by atoms with van der Waals surface area (Å²) in [4.78, 5) is 2.38. The number of hydrogen-bond acceptors (Lipinski definition) is 3. The lowest BCUT2D eigenvalue weighted by atomic mass is 10.1. The van der Waals surface area contributed by atoms with Crippen LogP contribution in [0.5, 0.6) is 0 Å². The molecule has 2 aromatic rings. The van der Waals surface area contributed by atoms with Gasteiger partial charge in [0.1, 0.15) is 0 Å². The second-order valence-electron chi connectivity index (χ2n) is 6.46. The quantitative estimate of drug-likeness (QED) is 0.831. The third kappa shape index (κ3) is 3.10. The number of hydrogen-bond donors (Lipinski definition) is 1. The van der Waals surface area contributed by atoms with Crippen molar-refractivity contribution < 1.29 is 5.11 Å². The van der Waals surface area contributed by atoms with Crippen LogP contribution in [0.3, 0.4) is 0 Å². The second-order valence-corrected chi connectivity index (χ2v) is 6.46. The van der Waals surface area contributed by atoms with E-state index < -0.39 is 0 Å². The first-order chi connectivity index (χ1) is 11.7. The van der Waals surface area contributed by atoms with Crippen molar-refractivity contribution in [3.63, 3.8) is 0 Å². The molecule has 0 saturated heterocycles. The van der Waals surface area contributed by atoms with Gasteiger partial charge in [-0.05, 0) is 37.8 Å². The van der Waals surface area contributed by atoms with Gasteiger partial charge in [-0.1, -0.05) is 30.2 Å². The Hall–Kier alpha value is -2.09. The Morgan fingerprint density at radius 2 is 2.17 bits per heavy atom.